The number of hydrogen-bond donors (Lipinski definition) is 2. The summed E-state index contributed by atoms with van der Waals surface area (Å²) < 4.78 is 0. The van der Waals surface area contributed by atoms with Crippen molar-refractivity contribution in [3.05, 3.63) is 34.9 Å². The average Bonchev–Trinajstić information content (AvgIpc) is 2.53. The fourth-order valence-corrected chi connectivity index (χ4v) is 2.84. The molecule has 0 saturated carbocycles. The molecule has 1 amide bonds. The predicted octanol–water partition coefficient (Wildman–Crippen LogP) is 1.52. The Kier molecular flexibility index (Phi) is 6.03. The average molecular weight is 340 g/mol. The van der Waals surface area contributed by atoms with E-state index in [0.717, 1.165) is 31.7 Å². The number of hydrogen-bond acceptors (Lipinski definition) is 4. The van der Waals surface area contributed by atoms with Gasteiger partial charge in [0, 0.05) is 37.7 Å². The first-order chi connectivity index (χ1) is 10.8. The van der Waals surface area contributed by atoms with Gasteiger partial charge >= 0.3 is 0 Å². The summed E-state index contributed by atoms with van der Waals surface area (Å²) in [5, 5.41) is 13.7. The Bertz CT molecular complexity index is 525. The molecule has 1 unspecified atom stereocenters. The molecule has 23 heavy (non-hydrogen) atoms. The molecule has 128 valence electrons. The highest BCUT2D eigenvalue weighted by atomic mass is 35.5. The molecule has 0 bridgehead atoms. The molecule has 2 rings (SSSR count). The quantitative estimate of drug-likeness (QED) is 0.854. The summed E-state index contributed by atoms with van der Waals surface area (Å²) in [7, 11) is 2.09. The zero-order valence-corrected chi connectivity index (χ0v) is 14.8. The van der Waals surface area contributed by atoms with Gasteiger partial charge in [-0.05, 0) is 38.6 Å². The lowest BCUT2D eigenvalue weighted by Crippen LogP contribution is -2.60. The van der Waals surface area contributed by atoms with Crippen LogP contribution in [0.4, 0.5) is 0 Å². The topological polar surface area (TPSA) is 55.8 Å². The molecule has 1 atom stereocenters. The van der Waals surface area contributed by atoms with Crippen LogP contribution in [-0.2, 0) is 4.79 Å². The van der Waals surface area contributed by atoms with Crippen molar-refractivity contribution in [2.45, 2.75) is 25.5 Å². The number of amides is 1. The molecule has 6 heteroatoms. The summed E-state index contributed by atoms with van der Waals surface area (Å²) >= 11 is 5.84. The monoisotopic (exact) mass is 339 g/mol. The molecule has 1 aromatic rings. The second-order valence-corrected chi connectivity index (χ2v) is 7.06. The minimum atomic E-state index is -0.737. The molecule has 1 aliphatic rings. The van der Waals surface area contributed by atoms with Gasteiger partial charge in [-0.2, -0.15) is 0 Å². The highest BCUT2D eigenvalue weighted by molar-refractivity contribution is 6.30. The summed E-state index contributed by atoms with van der Waals surface area (Å²) in [6, 6.07) is 7.00. The Hall–Kier alpha value is -1.14. The van der Waals surface area contributed by atoms with Crippen molar-refractivity contribution in [3.63, 3.8) is 0 Å². The molecule has 2 N–H and O–H groups in total. The van der Waals surface area contributed by atoms with E-state index < -0.39 is 11.6 Å². The fraction of sp³-hybridized carbons (Fsp3) is 0.588. The van der Waals surface area contributed by atoms with Crippen molar-refractivity contribution < 1.29 is 9.90 Å². The van der Waals surface area contributed by atoms with Crippen LogP contribution in [0.3, 0.4) is 0 Å². The number of carbonyl (C=O) groups is 1. The van der Waals surface area contributed by atoms with Crippen molar-refractivity contribution in [3.8, 4) is 0 Å². The fourth-order valence-electron chi connectivity index (χ4n) is 2.72. The second-order valence-electron chi connectivity index (χ2n) is 6.63. The van der Waals surface area contributed by atoms with Crippen LogP contribution in [0.1, 0.15) is 25.5 Å². The molecule has 1 saturated heterocycles. The summed E-state index contributed by atoms with van der Waals surface area (Å²) in [6.07, 6.45) is -0.737. The Morgan fingerprint density at radius 1 is 1.26 bits per heavy atom. The van der Waals surface area contributed by atoms with Gasteiger partial charge < -0.3 is 15.3 Å². The van der Waals surface area contributed by atoms with E-state index in [1.54, 1.807) is 24.3 Å². The number of aliphatic hydroxyl groups excluding tert-OH is 1. The van der Waals surface area contributed by atoms with Crippen LogP contribution < -0.4 is 5.32 Å². The maximum atomic E-state index is 12.5. The number of benzene rings is 1. The Balaban J connectivity index is 1.89. The Morgan fingerprint density at radius 2 is 1.83 bits per heavy atom. The molecule has 1 aromatic carbocycles. The summed E-state index contributed by atoms with van der Waals surface area (Å²) in [6.45, 7) is 7.73. The Labute approximate surface area is 143 Å². The number of halogens is 1. The van der Waals surface area contributed by atoms with E-state index in [1.807, 2.05) is 13.8 Å². The van der Waals surface area contributed by atoms with E-state index in [0.29, 0.717) is 5.02 Å². The summed E-state index contributed by atoms with van der Waals surface area (Å²) in [4.78, 5) is 17.0. The minimum Gasteiger partial charge on any atom is -0.387 e. The zero-order chi connectivity index (χ0) is 17.0. The van der Waals surface area contributed by atoms with Crippen LogP contribution >= 0.6 is 11.6 Å². The molecule has 0 spiro atoms. The lowest BCUT2D eigenvalue weighted by Gasteiger charge is -2.42. The number of nitrogens with one attached hydrogen (secondary N) is 1. The third-order valence-corrected chi connectivity index (χ3v) is 4.81. The van der Waals surface area contributed by atoms with Gasteiger partial charge in [-0.3, -0.25) is 9.69 Å². The van der Waals surface area contributed by atoms with E-state index in [4.69, 9.17) is 11.6 Å². The van der Waals surface area contributed by atoms with Gasteiger partial charge in [-0.15, -0.1) is 0 Å². The number of likely N-dealkylation sites (N-methyl/N-ethyl adjacent to an activating group) is 1. The van der Waals surface area contributed by atoms with Gasteiger partial charge in [-0.1, -0.05) is 23.7 Å². The van der Waals surface area contributed by atoms with Gasteiger partial charge in [0.25, 0.3) is 0 Å². The van der Waals surface area contributed by atoms with E-state index in [2.05, 4.69) is 22.2 Å². The molecular formula is C17H26ClN3O2. The first-order valence-corrected chi connectivity index (χ1v) is 8.34. The standard InChI is InChI=1S/C17H26ClN3O2/c1-17(2,21-10-8-20(3)9-11-21)16(23)19-12-15(22)13-4-6-14(18)7-5-13/h4-7,15,22H,8-12H2,1-3H3,(H,19,23). The lowest BCUT2D eigenvalue weighted by molar-refractivity contribution is -0.133. The van der Waals surface area contributed by atoms with E-state index in [9.17, 15) is 9.90 Å². The van der Waals surface area contributed by atoms with Gasteiger partial charge in [0.05, 0.1) is 11.6 Å². The SMILES string of the molecule is CN1CCN(C(C)(C)C(=O)NCC(O)c2ccc(Cl)cc2)CC1. The van der Waals surface area contributed by atoms with Crippen LogP contribution in [-0.4, -0.2) is 66.1 Å². The lowest BCUT2D eigenvalue weighted by atomic mass is 10.00. The van der Waals surface area contributed by atoms with Gasteiger partial charge in [-0.25, -0.2) is 0 Å². The van der Waals surface area contributed by atoms with Crippen molar-refractivity contribution in [1.29, 1.82) is 0 Å². The van der Waals surface area contributed by atoms with Crippen LogP contribution in [0, 0.1) is 0 Å². The van der Waals surface area contributed by atoms with Crippen molar-refractivity contribution in [1.82, 2.24) is 15.1 Å². The zero-order valence-electron chi connectivity index (χ0n) is 14.1. The molecular weight excluding hydrogens is 314 g/mol. The van der Waals surface area contributed by atoms with Crippen molar-refractivity contribution in [2.24, 2.45) is 0 Å². The largest absolute Gasteiger partial charge is 0.387 e. The second kappa shape index (κ2) is 7.62. The number of aliphatic hydroxyl groups is 1. The molecule has 0 aliphatic carbocycles. The Morgan fingerprint density at radius 3 is 2.39 bits per heavy atom. The maximum absolute atomic E-state index is 12.5. The predicted molar refractivity (Wildman–Crippen MR) is 92.6 cm³/mol. The highest BCUT2D eigenvalue weighted by Crippen LogP contribution is 2.19. The van der Waals surface area contributed by atoms with Gasteiger partial charge in [0.15, 0.2) is 0 Å². The summed E-state index contributed by atoms with van der Waals surface area (Å²) in [5.74, 6) is -0.0601. The van der Waals surface area contributed by atoms with Crippen LogP contribution in [0.25, 0.3) is 0 Å². The number of piperazine rings is 1. The molecule has 1 fully saturated rings. The van der Waals surface area contributed by atoms with Crippen LogP contribution in [0.2, 0.25) is 5.02 Å². The van der Waals surface area contributed by atoms with E-state index in [-0.39, 0.29) is 12.5 Å². The van der Waals surface area contributed by atoms with E-state index in [1.165, 1.54) is 0 Å². The molecule has 0 aromatic heterocycles. The molecule has 0 radical (unpaired) electrons. The first-order valence-electron chi connectivity index (χ1n) is 7.96. The number of carbonyl (C=O) groups excluding carboxylic acids is 1. The maximum Gasteiger partial charge on any atom is 0.240 e. The third-order valence-electron chi connectivity index (χ3n) is 4.56. The molecule has 5 nitrogen and oxygen atoms in total. The number of nitrogens with zero attached hydrogens (tertiary/aromatic N) is 2. The summed E-state index contributed by atoms with van der Waals surface area (Å²) in [5.41, 5.74) is 0.160. The van der Waals surface area contributed by atoms with Crippen molar-refractivity contribution in [2.75, 3.05) is 39.8 Å². The van der Waals surface area contributed by atoms with Crippen molar-refractivity contribution >= 4 is 17.5 Å². The molecule has 1 aliphatic heterocycles. The number of rotatable bonds is 5. The van der Waals surface area contributed by atoms with Crippen LogP contribution in [0.15, 0.2) is 24.3 Å². The third kappa shape index (κ3) is 4.67. The first kappa shape index (κ1) is 18.2. The van der Waals surface area contributed by atoms with Gasteiger partial charge in [0.2, 0.25) is 5.91 Å². The minimum absolute atomic E-state index is 0.0601. The van der Waals surface area contributed by atoms with Crippen LogP contribution in [0.5, 0.6) is 0 Å². The molecule has 1 heterocycles. The van der Waals surface area contributed by atoms with E-state index >= 15 is 0 Å². The highest BCUT2D eigenvalue weighted by Gasteiger charge is 2.35. The smallest absolute Gasteiger partial charge is 0.240 e. The van der Waals surface area contributed by atoms with Gasteiger partial charge in [0.1, 0.15) is 0 Å². The normalized spacial score (nSPS) is 18.7.